The summed E-state index contributed by atoms with van der Waals surface area (Å²) in [5.74, 6) is 0.717. The van der Waals surface area contributed by atoms with Crippen LogP contribution in [0.1, 0.15) is 18.3 Å². The third kappa shape index (κ3) is 1.86. The van der Waals surface area contributed by atoms with Gasteiger partial charge in [-0.3, -0.25) is 4.79 Å². The van der Waals surface area contributed by atoms with Crippen molar-refractivity contribution in [2.24, 2.45) is 5.92 Å². The van der Waals surface area contributed by atoms with Gasteiger partial charge in [0, 0.05) is 19.0 Å². The van der Waals surface area contributed by atoms with Gasteiger partial charge in [-0.2, -0.15) is 10.1 Å². The highest BCUT2D eigenvalue weighted by Gasteiger charge is 2.33. The Hall–Kier alpha value is -1.63. The highest BCUT2D eigenvalue weighted by Crippen LogP contribution is 2.30. The molecule has 2 aliphatic rings. The van der Waals surface area contributed by atoms with Crippen molar-refractivity contribution in [3.8, 4) is 0 Å². The molecule has 3 N–H and O–H groups in total. The molecule has 1 aromatic rings. The molecule has 0 radical (unpaired) electrons. The second-order valence-corrected chi connectivity index (χ2v) is 4.57. The first-order chi connectivity index (χ1) is 8.24. The number of hydrogen-bond donors (Lipinski definition) is 3. The lowest BCUT2D eigenvalue weighted by Crippen LogP contribution is -2.44. The molecule has 7 nitrogen and oxygen atoms in total. The highest BCUT2D eigenvalue weighted by atomic mass is 16.4. The van der Waals surface area contributed by atoms with Gasteiger partial charge in [-0.25, -0.2) is 4.68 Å². The van der Waals surface area contributed by atoms with E-state index in [1.807, 2.05) is 4.68 Å². The van der Waals surface area contributed by atoms with Crippen molar-refractivity contribution in [3.63, 3.8) is 0 Å². The molecule has 0 aromatic carbocycles. The van der Waals surface area contributed by atoms with Crippen LogP contribution in [-0.4, -0.2) is 45.5 Å². The summed E-state index contributed by atoms with van der Waals surface area (Å²) in [7, 11) is 0. The minimum absolute atomic E-state index is 0.114. The maximum Gasteiger partial charge on any atom is 0.311 e. The summed E-state index contributed by atoms with van der Waals surface area (Å²) in [5, 5.41) is 19.6. The maximum absolute atomic E-state index is 10.6. The van der Waals surface area contributed by atoms with Gasteiger partial charge in [0.25, 0.3) is 0 Å². The van der Waals surface area contributed by atoms with Crippen molar-refractivity contribution < 1.29 is 9.90 Å². The molecule has 0 bridgehead atoms. The van der Waals surface area contributed by atoms with Crippen LogP contribution in [0.25, 0.3) is 0 Å². The minimum Gasteiger partial charge on any atom is -0.481 e. The molecule has 0 spiro atoms. The van der Waals surface area contributed by atoms with Crippen LogP contribution in [0.4, 0.5) is 5.95 Å². The number of carboxylic acid groups (broad SMARTS) is 1. The first-order valence-corrected chi connectivity index (χ1v) is 5.86. The van der Waals surface area contributed by atoms with Crippen molar-refractivity contribution in [2.75, 3.05) is 25.0 Å². The van der Waals surface area contributed by atoms with E-state index in [1.54, 1.807) is 0 Å². The predicted octanol–water partition coefficient (Wildman–Crippen LogP) is -0.519. The average Bonchev–Trinajstić information content (AvgIpc) is 2.70. The van der Waals surface area contributed by atoms with Gasteiger partial charge < -0.3 is 15.7 Å². The summed E-state index contributed by atoms with van der Waals surface area (Å²) in [6.45, 7) is 2.84. The van der Waals surface area contributed by atoms with Crippen LogP contribution < -0.4 is 10.6 Å². The Kier molecular flexibility index (Phi) is 2.47. The fraction of sp³-hybridized carbons (Fsp3) is 0.700. The van der Waals surface area contributed by atoms with Gasteiger partial charge >= 0.3 is 5.97 Å². The normalized spacial score (nSPS) is 26.8. The van der Waals surface area contributed by atoms with Crippen LogP contribution in [0.3, 0.4) is 0 Å². The van der Waals surface area contributed by atoms with Crippen LogP contribution in [0.15, 0.2) is 0 Å². The molecule has 0 saturated carbocycles. The lowest BCUT2D eigenvalue weighted by Gasteiger charge is -2.36. The molecule has 2 aliphatic heterocycles. The molecule has 92 valence electrons. The van der Waals surface area contributed by atoms with Crippen LogP contribution in [0.5, 0.6) is 0 Å². The monoisotopic (exact) mass is 237 g/mol. The number of anilines is 1. The number of aromatic nitrogens is 3. The number of carbonyl (C=O) groups is 1. The topological polar surface area (TPSA) is 92.1 Å². The Balaban J connectivity index is 1.88. The SMILES string of the molecule is O=C(O)Cc1nc2n(n1)C1CCNCC1CN2. The summed E-state index contributed by atoms with van der Waals surface area (Å²) < 4.78 is 1.87. The number of nitrogens with one attached hydrogen (secondary N) is 2. The molecular weight excluding hydrogens is 222 g/mol. The Morgan fingerprint density at radius 1 is 1.53 bits per heavy atom. The van der Waals surface area contributed by atoms with Crippen LogP contribution in [-0.2, 0) is 11.2 Å². The van der Waals surface area contributed by atoms with Crippen molar-refractivity contribution in [2.45, 2.75) is 18.9 Å². The molecule has 0 aliphatic carbocycles. The van der Waals surface area contributed by atoms with Crippen molar-refractivity contribution >= 4 is 11.9 Å². The van der Waals surface area contributed by atoms with Crippen LogP contribution in [0, 0.1) is 5.92 Å². The standard InChI is InChI=1S/C10H15N5O2/c16-9(17)3-8-13-10-12-5-6-4-11-2-1-7(6)15(10)14-8/h6-7,11H,1-5H2,(H,16,17)(H,12,13,14). The van der Waals surface area contributed by atoms with E-state index in [1.165, 1.54) is 0 Å². The lowest BCUT2D eigenvalue weighted by atomic mass is 9.92. The van der Waals surface area contributed by atoms with Gasteiger partial charge in [-0.05, 0) is 13.0 Å². The van der Waals surface area contributed by atoms with E-state index in [9.17, 15) is 4.79 Å². The zero-order chi connectivity index (χ0) is 11.8. The third-order valence-corrected chi connectivity index (χ3v) is 3.39. The molecule has 1 fully saturated rings. The minimum atomic E-state index is -0.894. The highest BCUT2D eigenvalue weighted by molar-refractivity contribution is 5.69. The van der Waals surface area contributed by atoms with Crippen molar-refractivity contribution in [1.82, 2.24) is 20.1 Å². The van der Waals surface area contributed by atoms with E-state index in [0.717, 1.165) is 26.1 Å². The second-order valence-electron chi connectivity index (χ2n) is 4.57. The molecule has 7 heteroatoms. The number of piperidine rings is 1. The van der Waals surface area contributed by atoms with Gasteiger partial charge in [-0.15, -0.1) is 0 Å². The molecule has 3 heterocycles. The van der Waals surface area contributed by atoms with Gasteiger partial charge in [0.2, 0.25) is 5.95 Å². The molecule has 0 amide bonds. The maximum atomic E-state index is 10.6. The fourth-order valence-electron chi connectivity index (χ4n) is 2.59. The molecule has 2 atom stereocenters. The number of rotatable bonds is 2. The Bertz CT molecular complexity index is 444. The summed E-state index contributed by atoms with van der Waals surface area (Å²) in [6, 6.07) is 0.350. The average molecular weight is 237 g/mol. The van der Waals surface area contributed by atoms with Crippen molar-refractivity contribution in [3.05, 3.63) is 5.82 Å². The van der Waals surface area contributed by atoms with E-state index < -0.39 is 5.97 Å². The van der Waals surface area contributed by atoms with Gasteiger partial charge in [0.1, 0.15) is 6.42 Å². The van der Waals surface area contributed by atoms with Crippen LogP contribution in [0.2, 0.25) is 0 Å². The Morgan fingerprint density at radius 2 is 2.41 bits per heavy atom. The summed E-state index contributed by atoms with van der Waals surface area (Å²) in [6.07, 6.45) is 0.909. The number of aliphatic carboxylic acids is 1. The zero-order valence-electron chi connectivity index (χ0n) is 9.39. The van der Waals surface area contributed by atoms with Crippen LogP contribution >= 0.6 is 0 Å². The van der Waals surface area contributed by atoms with Gasteiger partial charge in [-0.1, -0.05) is 0 Å². The van der Waals surface area contributed by atoms with E-state index in [-0.39, 0.29) is 6.42 Å². The quantitative estimate of drug-likeness (QED) is 0.641. The Morgan fingerprint density at radius 3 is 3.24 bits per heavy atom. The van der Waals surface area contributed by atoms with E-state index in [4.69, 9.17) is 5.11 Å². The van der Waals surface area contributed by atoms with Crippen molar-refractivity contribution in [1.29, 1.82) is 0 Å². The first-order valence-electron chi connectivity index (χ1n) is 5.86. The largest absolute Gasteiger partial charge is 0.481 e. The number of hydrogen-bond acceptors (Lipinski definition) is 5. The molecule has 2 unspecified atom stereocenters. The van der Waals surface area contributed by atoms with E-state index in [2.05, 4.69) is 20.7 Å². The molecule has 1 saturated heterocycles. The zero-order valence-corrected chi connectivity index (χ0v) is 9.39. The summed E-state index contributed by atoms with van der Waals surface area (Å²) in [4.78, 5) is 14.9. The predicted molar refractivity (Wildman–Crippen MR) is 59.9 cm³/mol. The van der Waals surface area contributed by atoms with Gasteiger partial charge in [0.15, 0.2) is 5.82 Å². The fourth-order valence-corrected chi connectivity index (χ4v) is 2.59. The molecular formula is C10H15N5O2. The number of fused-ring (bicyclic) bond motifs is 3. The Labute approximate surface area is 98.2 Å². The summed E-state index contributed by atoms with van der Waals surface area (Å²) in [5.41, 5.74) is 0. The summed E-state index contributed by atoms with van der Waals surface area (Å²) >= 11 is 0. The second kappa shape index (κ2) is 3.99. The lowest BCUT2D eigenvalue weighted by molar-refractivity contribution is -0.136. The molecule has 1 aromatic heterocycles. The van der Waals surface area contributed by atoms with Gasteiger partial charge in [0.05, 0.1) is 6.04 Å². The van der Waals surface area contributed by atoms with E-state index >= 15 is 0 Å². The first kappa shape index (κ1) is 10.5. The smallest absolute Gasteiger partial charge is 0.311 e. The molecule has 17 heavy (non-hydrogen) atoms. The molecule has 3 rings (SSSR count). The number of nitrogens with zero attached hydrogens (tertiary/aromatic N) is 3. The van der Waals surface area contributed by atoms with E-state index in [0.29, 0.717) is 23.7 Å². The number of carboxylic acids is 1. The third-order valence-electron chi connectivity index (χ3n) is 3.39.